The molecule has 39 heavy (non-hydrogen) atoms. The molecule has 9 heteroatoms. The van der Waals surface area contributed by atoms with E-state index in [-0.39, 0.29) is 18.2 Å². The van der Waals surface area contributed by atoms with E-state index in [4.69, 9.17) is 14.2 Å². The maximum atomic E-state index is 13.4. The number of rotatable bonds is 6. The van der Waals surface area contributed by atoms with Crippen LogP contribution in [0, 0.1) is 5.41 Å². The molecule has 202 valence electrons. The minimum atomic E-state index is -0.859. The molecule has 0 unspecified atom stereocenters. The highest BCUT2D eigenvalue weighted by Gasteiger charge is 2.43. The largest absolute Gasteiger partial charge is 0.489 e. The third-order valence-electron chi connectivity index (χ3n) is 7.74. The first-order valence-corrected chi connectivity index (χ1v) is 13.3. The lowest BCUT2D eigenvalue weighted by Crippen LogP contribution is -2.57. The van der Waals surface area contributed by atoms with E-state index >= 15 is 0 Å². The Bertz CT molecular complexity index is 1350. The van der Waals surface area contributed by atoms with E-state index in [0.29, 0.717) is 28.4 Å². The van der Waals surface area contributed by atoms with Crippen molar-refractivity contribution >= 4 is 17.5 Å². The van der Waals surface area contributed by atoms with Crippen molar-refractivity contribution in [3.8, 4) is 17.2 Å². The summed E-state index contributed by atoms with van der Waals surface area (Å²) in [6.45, 7) is 4.73. The lowest BCUT2D eigenvalue weighted by atomic mass is 9.73. The summed E-state index contributed by atoms with van der Waals surface area (Å²) in [4.78, 5) is 34.6. The number of pyridine rings is 1. The fraction of sp³-hybridized carbons (Fsp3) is 0.367. The van der Waals surface area contributed by atoms with Crippen molar-refractivity contribution in [2.24, 2.45) is 5.41 Å². The van der Waals surface area contributed by atoms with Crippen molar-refractivity contribution in [3.05, 3.63) is 78.1 Å². The molecule has 9 nitrogen and oxygen atoms in total. The number of hydrogen-bond donors (Lipinski definition) is 1. The van der Waals surface area contributed by atoms with Crippen LogP contribution in [0.2, 0.25) is 0 Å². The average Bonchev–Trinajstić information content (AvgIpc) is 3.05. The molecule has 3 aromatic rings. The van der Waals surface area contributed by atoms with Crippen molar-refractivity contribution in [1.82, 2.24) is 15.2 Å². The number of hydrogen-bond acceptors (Lipinski definition) is 7. The second kappa shape index (κ2) is 10.7. The molecule has 2 aromatic carbocycles. The molecule has 1 spiro atoms. The van der Waals surface area contributed by atoms with Gasteiger partial charge in [0, 0.05) is 57.6 Å². The summed E-state index contributed by atoms with van der Waals surface area (Å²) in [6, 6.07) is 17.6. The van der Waals surface area contributed by atoms with Crippen LogP contribution in [0.15, 0.2) is 66.9 Å². The molecule has 0 radical (unpaired) electrons. The number of ether oxygens (including phenoxy) is 3. The highest BCUT2D eigenvalue weighted by atomic mass is 16.5. The Labute approximate surface area is 227 Å². The molecule has 3 aliphatic rings. The molecule has 1 atom stereocenters. The zero-order valence-corrected chi connectivity index (χ0v) is 22.0. The smallest absolute Gasteiger partial charge is 0.270 e. The van der Waals surface area contributed by atoms with E-state index in [0.717, 1.165) is 51.3 Å². The molecule has 1 N–H and O–H groups in total. The molecule has 4 heterocycles. The number of nitrogens with zero attached hydrogens (tertiary/aromatic N) is 3. The Kier molecular flexibility index (Phi) is 6.93. The summed E-state index contributed by atoms with van der Waals surface area (Å²) in [7, 11) is 1.71. The minimum Gasteiger partial charge on any atom is -0.489 e. The summed E-state index contributed by atoms with van der Waals surface area (Å²) >= 11 is 0. The Morgan fingerprint density at radius 1 is 1.08 bits per heavy atom. The van der Waals surface area contributed by atoms with E-state index in [1.807, 2.05) is 48.5 Å². The van der Waals surface area contributed by atoms with Crippen molar-refractivity contribution in [1.29, 1.82) is 0 Å². The van der Waals surface area contributed by atoms with Crippen LogP contribution in [-0.4, -0.2) is 67.7 Å². The van der Waals surface area contributed by atoms with E-state index in [1.165, 1.54) is 6.20 Å². The highest BCUT2D eigenvalue weighted by molar-refractivity contribution is 6.03. The summed E-state index contributed by atoms with van der Waals surface area (Å²) in [6.07, 6.45) is 3.77. The van der Waals surface area contributed by atoms with Gasteiger partial charge in [-0.25, -0.2) is 0 Å². The first kappa shape index (κ1) is 25.3. The van der Waals surface area contributed by atoms with Crippen molar-refractivity contribution in [2.45, 2.75) is 25.4 Å². The summed E-state index contributed by atoms with van der Waals surface area (Å²) in [5.74, 6) is 1.02. The number of para-hydroxylation sites is 1. The van der Waals surface area contributed by atoms with Gasteiger partial charge in [0.15, 0.2) is 0 Å². The third kappa shape index (κ3) is 5.46. The van der Waals surface area contributed by atoms with Crippen LogP contribution in [0.5, 0.6) is 17.2 Å². The van der Waals surface area contributed by atoms with Crippen molar-refractivity contribution < 1.29 is 23.8 Å². The molecule has 2 saturated heterocycles. The van der Waals surface area contributed by atoms with E-state index in [9.17, 15) is 9.59 Å². The molecule has 0 bridgehead atoms. The SMILES string of the molecule is CN1C(=O)[C@@H](NC(=O)c2cc(Oc3ccccc3)ccn2)COc2ccc(CN3CC4(CCOCC4)C3)cc21. The number of carbonyl (C=O) groups excluding carboxylic acids is 2. The molecule has 3 aliphatic heterocycles. The Balaban J connectivity index is 1.10. The molecule has 0 saturated carbocycles. The topological polar surface area (TPSA) is 93.2 Å². The summed E-state index contributed by atoms with van der Waals surface area (Å²) in [5.41, 5.74) is 2.39. The average molecular weight is 529 g/mol. The number of fused-ring (bicyclic) bond motifs is 1. The van der Waals surface area contributed by atoms with Crippen molar-refractivity contribution in [2.75, 3.05) is 44.9 Å². The molecule has 0 aliphatic carbocycles. The Hall–Kier alpha value is -3.95. The van der Waals surface area contributed by atoms with Gasteiger partial charge in [-0.2, -0.15) is 0 Å². The van der Waals surface area contributed by atoms with Crippen molar-refractivity contribution in [3.63, 3.8) is 0 Å². The van der Waals surface area contributed by atoms with Crippen LogP contribution in [0.25, 0.3) is 0 Å². The number of benzene rings is 2. The lowest BCUT2D eigenvalue weighted by molar-refractivity contribution is -0.120. The minimum absolute atomic E-state index is 0.0260. The molecular weight excluding hydrogens is 496 g/mol. The second-order valence-electron chi connectivity index (χ2n) is 10.6. The molecule has 6 rings (SSSR count). The van der Waals surface area contributed by atoms with Gasteiger partial charge in [0.05, 0.1) is 5.69 Å². The third-order valence-corrected chi connectivity index (χ3v) is 7.74. The summed E-state index contributed by atoms with van der Waals surface area (Å²) < 4.78 is 17.3. The van der Waals surface area contributed by atoms with Crippen LogP contribution < -0.4 is 19.7 Å². The lowest BCUT2D eigenvalue weighted by Gasteiger charge is -2.52. The van der Waals surface area contributed by atoms with Gasteiger partial charge in [0.25, 0.3) is 11.8 Å². The Morgan fingerprint density at radius 3 is 2.67 bits per heavy atom. The van der Waals surface area contributed by atoms with Crippen LogP contribution in [0.4, 0.5) is 5.69 Å². The van der Waals surface area contributed by atoms with E-state index < -0.39 is 11.9 Å². The fourth-order valence-corrected chi connectivity index (χ4v) is 5.59. The molecule has 2 amide bonds. The fourth-order valence-electron chi connectivity index (χ4n) is 5.59. The number of likely N-dealkylation sites (tertiary alicyclic amines) is 1. The van der Waals surface area contributed by atoms with Gasteiger partial charge in [-0.15, -0.1) is 0 Å². The van der Waals surface area contributed by atoms with E-state index in [1.54, 1.807) is 24.1 Å². The molecule has 1 aromatic heterocycles. The highest BCUT2D eigenvalue weighted by Crippen LogP contribution is 2.41. The standard InChI is InChI=1S/C30H32N4O5/c1-33-26-15-21(17-34-19-30(20-34)10-13-37-14-11-30)7-8-27(26)38-18-25(29(33)36)32-28(35)24-16-23(9-12-31-24)39-22-5-3-2-4-6-22/h2-9,12,15-16,25H,10-11,13-14,17-20H2,1H3,(H,32,35)/t25-/m0/s1. The van der Waals surface area contributed by atoms with Gasteiger partial charge in [0.1, 0.15) is 35.6 Å². The number of nitrogens with one attached hydrogen (secondary N) is 1. The predicted molar refractivity (Wildman–Crippen MR) is 145 cm³/mol. The van der Waals surface area contributed by atoms with Crippen LogP contribution in [0.1, 0.15) is 28.9 Å². The first-order valence-electron chi connectivity index (χ1n) is 13.3. The maximum absolute atomic E-state index is 13.4. The molecule has 2 fully saturated rings. The quantitative estimate of drug-likeness (QED) is 0.522. The predicted octanol–water partition coefficient (Wildman–Crippen LogP) is 3.64. The maximum Gasteiger partial charge on any atom is 0.270 e. The normalized spacial score (nSPS) is 20.4. The number of carbonyl (C=O) groups is 2. The van der Waals surface area contributed by atoms with Gasteiger partial charge >= 0.3 is 0 Å². The zero-order valence-electron chi connectivity index (χ0n) is 22.0. The first-order chi connectivity index (χ1) is 19.0. The van der Waals surface area contributed by atoms with Crippen LogP contribution in [-0.2, 0) is 16.1 Å². The molecular formula is C30H32N4O5. The number of anilines is 1. The number of amides is 2. The Morgan fingerprint density at radius 2 is 1.87 bits per heavy atom. The van der Waals surface area contributed by atoms with E-state index in [2.05, 4.69) is 15.2 Å². The van der Waals surface area contributed by atoms with Gasteiger partial charge < -0.3 is 24.4 Å². The van der Waals surface area contributed by atoms with Gasteiger partial charge in [-0.1, -0.05) is 24.3 Å². The van der Waals surface area contributed by atoms with Gasteiger partial charge in [-0.05, 0) is 48.7 Å². The van der Waals surface area contributed by atoms with Crippen LogP contribution in [0.3, 0.4) is 0 Å². The second-order valence-corrected chi connectivity index (χ2v) is 10.6. The number of likely N-dealkylation sites (N-methyl/N-ethyl adjacent to an activating group) is 1. The van der Waals surface area contributed by atoms with Crippen LogP contribution >= 0.6 is 0 Å². The monoisotopic (exact) mass is 528 g/mol. The van der Waals surface area contributed by atoms with Gasteiger partial charge in [-0.3, -0.25) is 19.5 Å². The zero-order chi connectivity index (χ0) is 26.8. The van der Waals surface area contributed by atoms with Gasteiger partial charge in [0.2, 0.25) is 0 Å². The number of aromatic nitrogens is 1. The summed E-state index contributed by atoms with van der Waals surface area (Å²) in [5, 5.41) is 2.79.